The van der Waals surface area contributed by atoms with Crippen LogP contribution < -0.4 is 14.8 Å². The summed E-state index contributed by atoms with van der Waals surface area (Å²) in [7, 11) is 3.10. The Bertz CT molecular complexity index is 1080. The van der Waals surface area contributed by atoms with Crippen LogP contribution in [0.1, 0.15) is 28.9 Å². The number of anilines is 1. The second kappa shape index (κ2) is 10.2. The Hall–Kier alpha value is -3.88. The largest absolute Gasteiger partial charge is 0.497 e. The van der Waals surface area contributed by atoms with Crippen LogP contribution in [-0.4, -0.2) is 58.8 Å². The molecule has 0 aliphatic carbocycles. The van der Waals surface area contributed by atoms with Gasteiger partial charge in [-0.1, -0.05) is 6.07 Å². The van der Waals surface area contributed by atoms with Gasteiger partial charge in [-0.2, -0.15) is 5.10 Å². The van der Waals surface area contributed by atoms with Gasteiger partial charge in [-0.05, 0) is 37.1 Å². The molecular weight excluding hydrogens is 422 g/mol. The molecular formula is C24H27N5O4. The van der Waals surface area contributed by atoms with Crippen molar-refractivity contribution < 1.29 is 19.1 Å². The van der Waals surface area contributed by atoms with Crippen molar-refractivity contribution in [3.05, 3.63) is 66.1 Å². The third-order valence-electron chi connectivity index (χ3n) is 5.69. The Morgan fingerprint density at radius 2 is 1.79 bits per heavy atom. The fourth-order valence-electron chi connectivity index (χ4n) is 3.86. The van der Waals surface area contributed by atoms with Crippen LogP contribution >= 0.6 is 0 Å². The number of hydrogen-bond acceptors (Lipinski definition) is 6. The molecule has 0 spiro atoms. The van der Waals surface area contributed by atoms with E-state index in [0.717, 1.165) is 5.69 Å². The molecule has 0 unspecified atom stereocenters. The van der Waals surface area contributed by atoms with Gasteiger partial charge in [-0.25, -0.2) is 0 Å². The van der Waals surface area contributed by atoms with Crippen LogP contribution in [0.5, 0.6) is 11.5 Å². The number of carbonyl (C=O) groups excluding carboxylic acids is 2. The molecule has 4 rings (SSSR count). The number of pyridine rings is 1. The standard InChI is InChI=1S/C24H27N5O4/c1-32-20-13-18(14-21(15-20)33-2)24(31)28-10-6-17(7-11-28)23(30)26-22-8-12-29(27-22)16-19-5-3-4-9-25-19/h3-5,8-9,12-15,17H,6-7,10-11,16H2,1-2H3,(H,26,27,30). The Labute approximate surface area is 192 Å². The van der Waals surface area contributed by atoms with Gasteiger partial charge in [0, 0.05) is 49.1 Å². The summed E-state index contributed by atoms with van der Waals surface area (Å²) in [5.41, 5.74) is 1.40. The third-order valence-corrected chi connectivity index (χ3v) is 5.69. The highest BCUT2D eigenvalue weighted by molar-refractivity contribution is 5.96. The maximum atomic E-state index is 13.0. The fraction of sp³-hybridized carbons (Fsp3) is 0.333. The molecule has 3 aromatic rings. The molecule has 0 atom stereocenters. The van der Waals surface area contributed by atoms with Crippen molar-refractivity contribution in [1.82, 2.24) is 19.7 Å². The van der Waals surface area contributed by atoms with Gasteiger partial charge in [-0.3, -0.25) is 19.3 Å². The zero-order valence-electron chi connectivity index (χ0n) is 18.7. The van der Waals surface area contributed by atoms with E-state index < -0.39 is 0 Å². The van der Waals surface area contributed by atoms with Crippen molar-refractivity contribution in [3.8, 4) is 11.5 Å². The first-order chi connectivity index (χ1) is 16.1. The van der Waals surface area contributed by atoms with Gasteiger partial charge in [0.05, 0.1) is 26.5 Å². The highest BCUT2D eigenvalue weighted by atomic mass is 16.5. The van der Waals surface area contributed by atoms with E-state index in [-0.39, 0.29) is 17.7 Å². The van der Waals surface area contributed by atoms with Crippen LogP contribution in [0.2, 0.25) is 0 Å². The zero-order valence-corrected chi connectivity index (χ0v) is 18.7. The number of nitrogens with zero attached hydrogens (tertiary/aromatic N) is 4. The van der Waals surface area contributed by atoms with E-state index >= 15 is 0 Å². The Kier molecular flexibility index (Phi) is 6.87. The van der Waals surface area contributed by atoms with Crippen LogP contribution in [0.3, 0.4) is 0 Å². The summed E-state index contributed by atoms with van der Waals surface area (Å²) in [6.07, 6.45) is 4.73. The topological polar surface area (TPSA) is 98.6 Å². The summed E-state index contributed by atoms with van der Waals surface area (Å²) in [5, 5.41) is 7.31. The second-order valence-electron chi connectivity index (χ2n) is 7.88. The highest BCUT2D eigenvalue weighted by Gasteiger charge is 2.28. The molecule has 1 aliphatic rings. The minimum Gasteiger partial charge on any atom is -0.497 e. The van der Waals surface area contributed by atoms with E-state index in [1.54, 1.807) is 54.3 Å². The number of hydrogen-bond donors (Lipinski definition) is 1. The molecule has 172 valence electrons. The number of aromatic nitrogens is 3. The molecule has 1 aliphatic heterocycles. The molecule has 2 amide bonds. The average Bonchev–Trinajstić information content (AvgIpc) is 3.30. The van der Waals surface area contributed by atoms with Crippen LogP contribution in [0.25, 0.3) is 0 Å². The molecule has 0 radical (unpaired) electrons. The van der Waals surface area contributed by atoms with Crippen molar-refractivity contribution in [3.63, 3.8) is 0 Å². The van der Waals surface area contributed by atoms with Crippen LogP contribution in [0.15, 0.2) is 54.9 Å². The van der Waals surface area contributed by atoms with Gasteiger partial charge < -0.3 is 19.7 Å². The van der Waals surface area contributed by atoms with Crippen LogP contribution in [-0.2, 0) is 11.3 Å². The first kappa shape index (κ1) is 22.3. The summed E-state index contributed by atoms with van der Waals surface area (Å²) in [6.45, 7) is 1.54. The van der Waals surface area contributed by atoms with Gasteiger partial charge in [-0.15, -0.1) is 0 Å². The number of nitrogens with one attached hydrogen (secondary N) is 1. The van der Waals surface area contributed by atoms with Crippen molar-refractivity contribution in [2.75, 3.05) is 32.6 Å². The Balaban J connectivity index is 1.31. The molecule has 0 bridgehead atoms. The SMILES string of the molecule is COc1cc(OC)cc(C(=O)N2CCC(C(=O)Nc3ccn(Cc4ccccn4)n3)CC2)c1. The summed E-state index contributed by atoms with van der Waals surface area (Å²) < 4.78 is 12.3. The lowest BCUT2D eigenvalue weighted by Gasteiger charge is -2.31. The third kappa shape index (κ3) is 5.49. The summed E-state index contributed by atoms with van der Waals surface area (Å²) in [6, 6.07) is 12.6. The van der Waals surface area contributed by atoms with Crippen LogP contribution in [0, 0.1) is 5.92 Å². The minimum atomic E-state index is -0.171. The predicted octanol–water partition coefficient (Wildman–Crippen LogP) is 2.83. The number of methoxy groups -OCH3 is 2. The molecule has 1 fully saturated rings. The summed E-state index contributed by atoms with van der Waals surface area (Å²) in [4.78, 5) is 31.7. The van der Waals surface area contributed by atoms with Gasteiger partial charge in [0.1, 0.15) is 11.5 Å². The van der Waals surface area contributed by atoms with Gasteiger partial charge in [0.15, 0.2) is 5.82 Å². The minimum absolute atomic E-state index is 0.0757. The molecule has 3 heterocycles. The summed E-state index contributed by atoms with van der Waals surface area (Å²) >= 11 is 0. The molecule has 0 saturated carbocycles. The van der Waals surface area contributed by atoms with Crippen molar-refractivity contribution in [2.24, 2.45) is 5.92 Å². The number of carbonyl (C=O) groups is 2. The van der Waals surface area contributed by atoms with Gasteiger partial charge in [0.2, 0.25) is 5.91 Å². The number of rotatable bonds is 7. The highest BCUT2D eigenvalue weighted by Crippen LogP contribution is 2.26. The first-order valence-electron chi connectivity index (χ1n) is 10.8. The molecule has 1 N–H and O–H groups in total. The molecule has 1 aromatic carbocycles. The van der Waals surface area contributed by atoms with Gasteiger partial charge >= 0.3 is 0 Å². The monoisotopic (exact) mass is 449 g/mol. The lowest BCUT2D eigenvalue weighted by molar-refractivity contribution is -0.121. The number of ether oxygens (including phenoxy) is 2. The van der Waals surface area contributed by atoms with Crippen LogP contribution in [0.4, 0.5) is 5.82 Å². The van der Waals surface area contributed by atoms with E-state index in [0.29, 0.717) is 55.4 Å². The number of amides is 2. The normalized spacial score (nSPS) is 14.1. The molecule has 9 nitrogen and oxygen atoms in total. The van der Waals surface area contributed by atoms with Crippen molar-refractivity contribution >= 4 is 17.6 Å². The Morgan fingerprint density at radius 3 is 2.42 bits per heavy atom. The lowest BCUT2D eigenvalue weighted by atomic mass is 9.95. The van der Waals surface area contributed by atoms with E-state index in [2.05, 4.69) is 15.4 Å². The van der Waals surface area contributed by atoms with E-state index in [1.165, 1.54) is 0 Å². The molecule has 1 saturated heterocycles. The van der Waals surface area contributed by atoms with Crippen molar-refractivity contribution in [1.29, 1.82) is 0 Å². The van der Waals surface area contributed by atoms with E-state index in [1.807, 2.05) is 24.4 Å². The van der Waals surface area contributed by atoms with E-state index in [9.17, 15) is 9.59 Å². The predicted molar refractivity (Wildman–Crippen MR) is 122 cm³/mol. The molecule has 2 aromatic heterocycles. The fourth-order valence-corrected chi connectivity index (χ4v) is 3.86. The Morgan fingerprint density at radius 1 is 1.06 bits per heavy atom. The van der Waals surface area contributed by atoms with Gasteiger partial charge in [0.25, 0.3) is 5.91 Å². The smallest absolute Gasteiger partial charge is 0.254 e. The van der Waals surface area contributed by atoms with Crippen molar-refractivity contribution in [2.45, 2.75) is 19.4 Å². The first-order valence-corrected chi connectivity index (χ1v) is 10.8. The zero-order chi connectivity index (χ0) is 23.2. The number of likely N-dealkylation sites (tertiary alicyclic amines) is 1. The maximum absolute atomic E-state index is 13.0. The second-order valence-corrected chi connectivity index (χ2v) is 7.88. The molecule has 9 heteroatoms. The lowest BCUT2D eigenvalue weighted by Crippen LogP contribution is -2.41. The number of piperidine rings is 1. The molecule has 33 heavy (non-hydrogen) atoms. The average molecular weight is 450 g/mol. The summed E-state index contributed by atoms with van der Waals surface area (Å²) in [5.74, 6) is 1.30. The van der Waals surface area contributed by atoms with E-state index in [4.69, 9.17) is 9.47 Å². The number of benzene rings is 1. The maximum Gasteiger partial charge on any atom is 0.254 e. The quantitative estimate of drug-likeness (QED) is 0.596.